The first-order chi connectivity index (χ1) is 26.1. The zero-order valence-corrected chi connectivity index (χ0v) is 45.9. The molecule has 0 amide bonds. The van der Waals surface area contributed by atoms with E-state index >= 15 is 0 Å². The summed E-state index contributed by atoms with van der Waals surface area (Å²) >= 11 is 0. The normalized spacial score (nSPS) is 13.7. The first-order valence-corrected chi connectivity index (χ1v) is 41.6. The largest absolute Gasteiger partial charge is 0.0720 e. The smallest absolute Gasteiger partial charge is 0.0684 e. The maximum Gasteiger partial charge on any atom is 0.0684 e. The molecule has 0 nitrogen and oxygen atoms in total. The molecule has 0 saturated carbocycles. The van der Waals surface area contributed by atoms with Crippen molar-refractivity contribution in [3.8, 4) is 22.3 Å². The molecule has 0 aliphatic carbocycles. The molecule has 0 bridgehead atoms. The highest BCUT2D eigenvalue weighted by Crippen LogP contribution is 2.47. The van der Waals surface area contributed by atoms with Crippen LogP contribution in [0.2, 0.25) is 65.5 Å². The number of hydrogen-bond donors (Lipinski definition) is 0. The van der Waals surface area contributed by atoms with Gasteiger partial charge in [0, 0.05) is 21.3 Å². The lowest BCUT2D eigenvalue weighted by molar-refractivity contribution is 0.807. The quantitative estimate of drug-likeness (QED) is 0.111. The van der Waals surface area contributed by atoms with E-state index in [1.54, 1.807) is 54.9 Å². The van der Waals surface area contributed by atoms with E-state index in [1.165, 1.54) is 11.1 Å². The van der Waals surface area contributed by atoms with Crippen molar-refractivity contribution in [1.82, 2.24) is 0 Å². The molecular formula is C52H84Si5. The topological polar surface area (TPSA) is 0 Å². The molecule has 0 spiro atoms. The third-order valence-electron chi connectivity index (χ3n) is 14.1. The molecule has 57 heavy (non-hydrogen) atoms. The summed E-state index contributed by atoms with van der Waals surface area (Å²) in [5, 5.41) is 3.51. The van der Waals surface area contributed by atoms with Crippen molar-refractivity contribution in [2.75, 3.05) is 0 Å². The number of hydrogen-bond acceptors (Lipinski definition) is 0. The van der Waals surface area contributed by atoms with Crippen LogP contribution in [0, 0.1) is 0 Å². The Morgan fingerprint density at radius 3 is 0.789 bits per heavy atom. The van der Waals surface area contributed by atoms with Crippen LogP contribution in [-0.2, 0) is 0 Å². The predicted octanol–water partition coefficient (Wildman–Crippen LogP) is 15.7. The van der Waals surface area contributed by atoms with Crippen molar-refractivity contribution >= 4 is 46.9 Å². The summed E-state index contributed by atoms with van der Waals surface area (Å²) in [5.41, 5.74) is 15.4. The molecule has 0 fully saturated rings. The van der Waals surface area contributed by atoms with Crippen molar-refractivity contribution in [2.45, 2.75) is 184 Å². The predicted molar refractivity (Wildman–Crippen MR) is 275 cm³/mol. The van der Waals surface area contributed by atoms with Crippen molar-refractivity contribution in [3.63, 3.8) is 0 Å². The molecule has 0 aliphatic rings. The average Bonchev–Trinajstić information content (AvgIpc) is 3.08. The molecule has 0 saturated heterocycles. The second-order valence-corrected chi connectivity index (χ2v) is 75.2. The van der Waals surface area contributed by atoms with Gasteiger partial charge in [0.1, 0.15) is 0 Å². The molecular weight excluding hydrogens is 765 g/mol. The van der Waals surface area contributed by atoms with E-state index in [1.807, 2.05) is 0 Å². The van der Waals surface area contributed by atoms with Crippen LogP contribution in [0.1, 0.15) is 152 Å². The van der Waals surface area contributed by atoms with Gasteiger partial charge in [-0.2, -0.15) is 0 Å². The summed E-state index contributed by atoms with van der Waals surface area (Å²) in [6.07, 6.45) is -2.14. The minimum atomic E-state index is -2.22. The van der Waals surface area contributed by atoms with Crippen molar-refractivity contribution in [1.29, 1.82) is 0 Å². The standard InChI is InChI=1S/C52H84Si5/c1-35(2)41-31-45(37(5)6)51(46(32-41)38(7)8)43-27-23-25-29-49(43)55(19,20)57(53(13,14)15,54(16,17)18)56(21,22)50-30-26-24-28-44(50)52-47(39(9)10)33-42(36(3)4)34-48(52)40(11)12/h23-40H,1-22H3. The minimum Gasteiger partial charge on any atom is -0.0720 e. The van der Waals surface area contributed by atoms with E-state index < -0.39 is 36.5 Å². The molecule has 312 valence electrons. The Morgan fingerprint density at radius 1 is 0.333 bits per heavy atom. The van der Waals surface area contributed by atoms with E-state index in [2.05, 4.69) is 221 Å². The lowest BCUT2D eigenvalue weighted by atomic mass is 9.82. The summed E-state index contributed by atoms with van der Waals surface area (Å²) in [7, 11) is -8.09. The molecule has 0 radical (unpaired) electrons. The Morgan fingerprint density at radius 2 is 0.579 bits per heavy atom. The minimum absolute atomic E-state index is 0.454. The summed E-state index contributed by atoms with van der Waals surface area (Å²) in [6.45, 7) is 57.6. The molecule has 5 heteroatoms. The third-order valence-corrected chi connectivity index (χ3v) is 127. The molecule has 0 atom stereocenters. The lowest BCUT2D eigenvalue weighted by Gasteiger charge is -2.65. The van der Waals surface area contributed by atoms with Gasteiger partial charge in [0.25, 0.3) is 0 Å². The highest BCUT2D eigenvalue weighted by Gasteiger charge is 2.71. The fraction of sp³-hybridized carbons (Fsp3) is 0.538. The Labute approximate surface area is 357 Å². The molecule has 0 N–H and O–H groups in total. The van der Waals surface area contributed by atoms with Crippen LogP contribution in [-0.4, -0.2) is 36.5 Å². The Kier molecular flexibility index (Phi) is 14.3. The van der Waals surface area contributed by atoms with E-state index in [0.29, 0.717) is 35.5 Å². The number of benzene rings is 4. The lowest BCUT2D eigenvalue weighted by Crippen LogP contribution is -2.97. The van der Waals surface area contributed by atoms with Crippen molar-refractivity contribution in [3.05, 3.63) is 106 Å². The van der Waals surface area contributed by atoms with Crippen molar-refractivity contribution in [2.24, 2.45) is 0 Å². The molecule has 4 aromatic rings. The van der Waals surface area contributed by atoms with Gasteiger partial charge in [-0.05, 0) is 91.1 Å². The Hall–Kier alpha value is -2.04. The highest BCUT2D eigenvalue weighted by atomic mass is 30.2. The first-order valence-electron chi connectivity index (χ1n) is 22.6. The average molecular weight is 850 g/mol. The van der Waals surface area contributed by atoms with E-state index in [4.69, 9.17) is 0 Å². The summed E-state index contributed by atoms with van der Waals surface area (Å²) in [5.74, 6) is 2.83. The second-order valence-electron chi connectivity index (χ2n) is 22.7. The molecule has 0 aliphatic heterocycles. The van der Waals surface area contributed by atoms with Crippen LogP contribution in [0.15, 0.2) is 72.8 Å². The summed E-state index contributed by atoms with van der Waals surface area (Å²) < 4.78 is 0. The number of rotatable bonds is 14. The van der Waals surface area contributed by atoms with Crippen molar-refractivity contribution < 1.29 is 0 Å². The van der Waals surface area contributed by atoms with Gasteiger partial charge < -0.3 is 0 Å². The molecule has 0 unspecified atom stereocenters. The summed E-state index contributed by atoms with van der Waals surface area (Å²) in [6, 6.07) is 30.3. The van der Waals surface area contributed by atoms with Gasteiger partial charge in [-0.3, -0.25) is 0 Å². The molecule has 0 aromatic heterocycles. The van der Waals surface area contributed by atoms with Crippen LogP contribution < -0.4 is 10.4 Å². The van der Waals surface area contributed by atoms with E-state index in [0.717, 1.165) is 0 Å². The SMILES string of the molecule is CC(C)c1cc(C(C)C)c(-c2ccccc2[Si](C)(C)[Si]([Si](C)(C)C)([Si](C)(C)C)[Si](C)(C)c2ccccc2-c2c(C(C)C)cc(C(C)C)cc2C(C)C)c(C(C)C)c1. The third kappa shape index (κ3) is 8.37. The van der Waals surface area contributed by atoms with Gasteiger partial charge in [0.05, 0.1) is 15.2 Å². The van der Waals surface area contributed by atoms with E-state index in [9.17, 15) is 0 Å². The summed E-state index contributed by atoms with van der Waals surface area (Å²) in [4.78, 5) is 0. The molecule has 0 heterocycles. The van der Waals surface area contributed by atoms with Crippen LogP contribution >= 0.6 is 0 Å². The zero-order valence-electron chi connectivity index (χ0n) is 40.9. The van der Waals surface area contributed by atoms with Gasteiger partial charge in [-0.15, -0.1) is 0 Å². The molecule has 4 rings (SSSR count). The van der Waals surface area contributed by atoms with Crippen LogP contribution in [0.5, 0.6) is 0 Å². The van der Waals surface area contributed by atoms with Gasteiger partial charge in [-0.1, -0.05) is 232 Å². The highest BCUT2D eigenvalue weighted by molar-refractivity contribution is 8.08. The van der Waals surface area contributed by atoms with Gasteiger partial charge >= 0.3 is 0 Å². The fourth-order valence-corrected chi connectivity index (χ4v) is 175. The van der Waals surface area contributed by atoms with Crippen LogP contribution in [0.25, 0.3) is 22.3 Å². The maximum atomic E-state index is 2.91. The zero-order chi connectivity index (χ0) is 43.4. The fourth-order valence-electron chi connectivity index (χ4n) is 13.1. The monoisotopic (exact) mass is 849 g/mol. The molecule has 4 aromatic carbocycles. The second kappa shape index (κ2) is 17.1. The van der Waals surface area contributed by atoms with E-state index in [-0.39, 0.29) is 0 Å². The van der Waals surface area contributed by atoms with Gasteiger partial charge in [-0.25, -0.2) is 0 Å². The van der Waals surface area contributed by atoms with Gasteiger partial charge in [0.2, 0.25) is 0 Å². The van der Waals surface area contributed by atoms with Gasteiger partial charge in [0.15, 0.2) is 0 Å². The first kappa shape index (κ1) is 47.6. The maximum absolute atomic E-state index is 2.91. The van der Waals surface area contributed by atoms with Crippen LogP contribution in [0.3, 0.4) is 0 Å². The van der Waals surface area contributed by atoms with Crippen LogP contribution in [0.4, 0.5) is 0 Å². The Balaban J connectivity index is 2.25. The Bertz CT molecular complexity index is 1820.